The number of hydrogen-bond acceptors (Lipinski definition) is 9. The van der Waals surface area contributed by atoms with Crippen molar-refractivity contribution in [3.8, 4) is 28.6 Å². The van der Waals surface area contributed by atoms with E-state index in [1.807, 2.05) is 45.0 Å². The number of anilines is 1. The number of nitrogens with one attached hydrogen (secondary N) is 1. The Labute approximate surface area is 210 Å². The van der Waals surface area contributed by atoms with Gasteiger partial charge in [-0.25, -0.2) is 4.98 Å². The van der Waals surface area contributed by atoms with Crippen LogP contribution in [0.1, 0.15) is 35.9 Å². The molecule has 11 nitrogen and oxygen atoms in total. The first-order chi connectivity index (χ1) is 17.3. The topological polar surface area (TPSA) is 129 Å². The van der Waals surface area contributed by atoms with Crippen molar-refractivity contribution in [2.75, 3.05) is 58.4 Å². The number of hydrogen-bond donors (Lipinski definition) is 3. The molecule has 1 aromatic carbocycles. The standard InChI is InChI=1S/C25H33N7O4/c1-16(2)18-13-19(21(34)14-20(18)33)23-28-29-24(25(35)26-7-8-30(3)4)32(23)17-5-6-22(27-15-17)31-9-11-36-12-10-31/h5-6,13-16,33-34H,7-12H2,1-4H3,(H,26,35). The van der Waals surface area contributed by atoms with Crippen molar-refractivity contribution in [3.63, 3.8) is 0 Å². The molecule has 0 spiro atoms. The molecule has 11 heteroatoms. The van der Waals surface area contributed by atoms with Gasteiger partial charge in [0.05, 0.1) is 30.7 Å². The summed E-state index contributed by atoms with van der Waals surface area (Å²) in [6, 6.07) is 6.70. The number of benzene rings is 1. The highest BCUT2D eigenvalue weighted by Gasteiger charge is 2.25. The Morgan fingerprint density at radius 2 is 1.89 bits per heavy atom. The second-order valence-corrected chi connectivity index (χ2v) is 9.30. The maximum atomic E-state index is 13.1. The Bertz CT molecular complexity index is 1200. The van der Waals surface area contributed by atoms with Crippen LogP contribution < -0.4 is 10.2 Å². The first-order valence-corrected chi connectivity index (χ1v) is 12.0. The average molecular weight is 496 g/mol. The third-order valence-corrected chi connectivity index (χ3v) is 6.04. The van der Waals surface area contributed by atoms with Gasteiger partial charge >= 0.3 is 0 Å². The number of phenolic OH excluding ortho intramolecular Hbond substituents is 2. The van der Waals surface area contributed by atoms with E-state index in [0.717, 1.165) is 18.9 Å². The molecule has 0 aliphatic carbocycles. The molecule has 3 heterocycles. The highest BCUT2D eigenvalue weighted by Crippen LogP contribution is 2.38. The number of nitrogens with zero attached hydrogens (tertiary/aromatic N) is 6. The molecule has 3 aromatic rings. The van der Waals surface area contributed by atoms with E-state index in [1.165, 1.54) is 6.07 Å². The summed E-state index contributed by atoms with van der Waals surface area (Å²) in [6.45, 7) is 7.79. The average Bonchev–Trinajstić information content (AvgIpc) is 3.29. The molecule has 0 radical (unpaired) electrons. The Balaban J connectivity index is 1.77. The normalized spacial score (nSPS) is 14.0. The van der Waals surface area contributed by atoms with Crippen LogP contribution in [0.4, 0.5) is 5.82 Å². The summed E-state index contributed by atoms with van der Waals surface area (Å²) in [6.07, 6.45) is 1.66. The van der Waals surface area contributed by atoms with E-state index in [4.69, 9.17) is 4.74 Å². The summed E-state index contributed by atoms with van der Waals surface area (Å²) in [5.41, 5.74) is 1.58. The van der Waals surface area contributed by atoms with Crippen molar-refractivity contribution in [2.45, 2.75) is 19.8 Å². The van der Waals surface area contributed by atoms with Crippen LogP contribution in [0.2, 0.25) is 0 Å². The van der Waals surface area contributed by atoms with Crippen LogP contribution in [0.25, 0.3) is 17.1 Å². The van der Waals surface area contributed by atoms with Gasteiger partial charge in [-0.3, -0.25) is 9.36 Å². The molecule has 2 aromatic heterocycles. The van der Waals surface area contributed by atoms with E-state index < -0.39 is 5.91 Å². The Morgan fingerprint density at radius 1 is 1.14 bits per heavy atom. The minimum atomic E-state index is -0.393. The van der Waals surface area contributed by atoms with Crippen LogP contribution in [0.3, 0.4) is 0 Å². The Morgan fingerprint density at radius 3 is 2.53 bits per heavy atom. The number of amides is 1. The van der Waals surface area contributed by atoms with Crippen molar-refractivity contribution in [1.29, 1.82) is 0 Å². The molecule has 36 heavy (non-hydrogen) atoms. The van der Waals surface area contributed by atoms with E-state index in [1.54, 1.807) is 16.8 Å². The molecule has 3 N–H and O–H groups in total. The molecule has 4 rings (SSSR count). The van der Waals surface area contributed by atoms with E-state index in [-0.39, 0.29) is 29.1 Å². The van der Waals surface area contributed by atoms with E-state index >= 15 is 0 Å². The van der Waals surface area contributed by atoms with Crippen LogP contribution in [0.15, 0.2) is 30.5 Å². The SMILES string of the molecule is CC(C)c1cc(-c2nnc(C(=O)NCCN(C)C)n2-c2ccc(N3CCOCC3)nc2)c(O)cc1O. The summed E-state index contributed by atoms with van der Waals surface area (Å²) in [7, 11) is 3.85. The van der Waals surface area contributed by atoms with Crippen LogP contribution in [-0.4, -0.2) is 94.3 Å². The lowest BCUT2D eigenvalue weighted by atomic mass is 9.98. The molecule has 1 fully saturated rings. The predicted octanol–water partition coefficient (Wildman–Crippen LogP) is 1.99. The molecule has 1 aliphatic heterocycles. The summed E-state index contributed by atoms with van der Waals surface area (Å²) in [5, 5.41) is 32.3. The summed E-state index contributed by atoms with van der Waals surface area (Å²) < 4.78 is 7.01. The number of aromatic hydroxyl groups is 2. The molecule has 1 saturated heterocycles. The van der Waals surface area contributed by atoms with Crippen molar-refractivity contribution in [1.82, 2.24) is 30.0 Å². The van der Waals surface area contributed by atoms with Gasteiger partial charge in [0.15, 0.2) is 5.82 Å². The number of pyridine rings is 1. The maximum absolute atomic E-state index is 13.1. The van der Waals surface area contributed by atoms with Gasteiger partial charge in [0.1, 0.15) is 17.3 Å². The molecule has 1 aliphatic rings. The maximum Gasteiger partial charge on any atom is 0.289 e. The zero-order chi connectivity index (χ0) is 25.8. The molecular weight excluding hydrogens is 462 g/mol. The summed E-state index contributed by atoms with van der Waals surface area (Å²) in [5.74, 6) is 0.595. The van der Waals surface area contributed by atoms with Crippen LogP contribution in [0.5, 0.6) is 11.5 Å². The summed E-state index contributed by atoms with van der Waals surface area (Å²) in [4.78, 5) is 21.8. The molecular formula is C25H33N7O4. The predicted molar refractivity (Wildman–Crippen MR) is 136 cm³/mol. The lowest BCUT2D eigenvalue weighted by Gasteiger charge is -2.27. The number of rotatable bonds is 8. The van der Waals surface area contributed by atoms with E-state index in [2.05, 4.69) is 25.4 Å². The fourth-order valence-electron chi connectivity index (χ4n) is 4.05. The van der Waals surface area contributed by atoms with Crippen molar-refractivity contribution in [3.05, 3.63) is 41.9 Å². The smallest absolute Gasteiger partial charge is 0.289 e. The zero-order valence-electron chi connectivity index (χ0n) is 21.1. The molecule has 1 amide bonds. The van der Waals surface area contributed by atoms with Crippen LogP contribution in [-0.2, 0) is 4.74 Å². The number of carbonyl (C=O) groups excluding carboxylic acids is 1. The molecule has 0 bridgehead atoms. The number of carbonyl (C=O) groups is 1. The van der Waals surface area contributed by atoms with Crippen molar-refractivity contribution >= 4 is 11.7 Å². The fourth-order valence-corrected chi connectivity index (χ4v) is 4.05. The second-order valence-electron chi connectivity index (χ2n) is 9.30. The number of phenols is 2. The van der Waals surface area contributed by atoms with Gasteiger partial charge in [0, 0.05) is 32.2 Å². The minimum Gasteiger partial charge on any atom is -0.508 e. The lowest BCUT2D eigenvalue weighted by molar-refractivity contribution is 0.0938. The highest BCUT2D eigenvalue weighted by molar-refractivity contribution is 5.92. The number of ether oxygens (including phenoxy) is 1. The Kier molecular flexibility index (Phi) is 7.70. The van der Waals surface area contributed by atoms with Crippen LogP contribution in [0, 0.1) is 0 Å². The van der Waals surface area contributed by atoms with Gasteiger partial charge in [-0.05, 0) is 43.8 Å². The van der Waals surface area contributed by atoms with Crippen molar-refractivity contribution < 1.29 is 19.7 Å². The van der Waals surface area contributed by atoms with Gasteiger partial charge in [-0.15, -0.1) is 10.2 Å². The molecule has 0 saturated carbocycles. The van der Waals surface area contributed by atoms with Gasteiger partial charge in [-0.2, -0.15) is 0 Å². The van der Waals surface area contributed by atoms with Gasteiger partial charge < -0.3 is 30.1 Å². The third-order valence-electron chi connectivity index (χ3n) is 6.04. The molecule has 0 atom stereocenters. The quantitative estimate of drug-likeness (QED) is 0.430. The van der Waals surface area contributed by atoms with E-state index in [9.17, 15) is 15.0 Å². The van der Waals surface area contributed by atoms with Crippen LogP contribution >= 0.6 is 0 Å². The van der Waals surface area contributed by atoms with E-state index in [0.29, 0.717) is 43.1 Å². The molecule has 192 valence electrons. The molecule has 0 unspecified atom stereocenters. The summed E-state index contributed by atoms with van der Waals surface area (Å²) >= 11 is 0. The lowest BCUT2D eigenvalue weighted by Crippen LogP contribution is -2.36. The Hall–Kier alpha value is -3.70. The third kappa shape index (κ3) is 5.42. The first kappa shape index (κ1) is 25.4. The van der Waals surface area contributed by atoms with Gasteiger partial charge in [-0.1, -0.05) is 13.8 Å². The number of morpholine rings is 1. The second kappa shape index (κ2) is 10.9. The monoisotopic (exact) mass is 495 g/mol. The zero-order valence-corrected chi connectivity index (χ0v) is 21.1. The number of likely N-dealkylation sites (N-methyl/N-ethyl adjacent to an activating group) is 1. The highest BCUT2D eigenvalue weighted by atomic mass is 16.5. The largest absolute Gasteiger partial charge is 0.508 e. The van der Waals surface area contributed by atoms with Crippen molar-refractivity contribution in [2.24, 2.45) is 0 Å². The van der Waals surface area contributed by atoms with Gasteiger partial charge in [0.25, 0.3) is 5.91 Å². The number of aromatic nitrogens is 4. The first-order valence-electron chi connectivity index (χ1n) is 12.0. The fraction of sp³-hybridized carbons (Fsp3) is 0.440. The van der Waals surface area contributed by atoms with Gasteiger partial charge in [0.2, 0.25) is 5.82 Å². The minimum absolute atomic E-state index is 0.00370.